The molecule has 176 valence electrons. The minimum Gasteiger partial charge on any atom is -0.504 e. The molecule has 2 aliphatic heterocycles. The summed E-state index contributed by atoms with van der Waals surface area (Å²) in [4.78, 5) is 27.1. The Morgan fingerprint density at radius 1 is 1.26 bits per heavy atom. The summed E-state index contributed by atoms with van der Waals surface area (Å²) >= 11 is 0. The van der Waals surface area contributed by atoms with E-state index < -0.39 is 5.92 Å². The molecular weight excluding hydrogens is 430 g/mol. The predicted octanol–water partition coefficient (Wildman–Crippen LogP) is 4.60. The minimum absolute atomic E-state index is 0.0374. The van der Waals surface area contributed by atoms with Gasteiger partial charge < -0.3 is 19.7 Å². The van der Waals surface area contributed by atoms with Gasteiger partial charge in [-0.05, 0) is 47.7 Å². The van der Waals surface area contributed by atoms with Crippen molar-refractivity contribution >= 4 is 28.4 Å². The molecule has 3 heterocycles. The molecule has 0 bridgehead atoms. The van der Waals surface area contributed by atoms with E-state index in [1.807, 2.05) is 18.2 Å². The molecule has 1 atom stereocenters. The third-order valence-electron chi connectivity index (χ3n) is 6.80. The highest BCUT2D eigenvalue weighted by atomic mass is 16.5. The fourth-order valence-corrected chi connectivity index (χ4v) is 5.08. The summed E-state index contributed by atoms with van der Waals surface area (Å²) in [5, 5.41) is 14.8. The van der Waals surface area contributed by atoms with Crippen molar-refractivity contribution in [2.24, 2.45) is 5.92 Å². The topological polar surface area (TPSA) is 83.8 Å². The Labute approximate surface area is 198 Å². The number of nitrogens with zero attached hydrogens (tertiary/aromatic N) is 2. The van der Waals surface area contributed by atoms with Crippen LogP contribution in [0.3, 0.4) is 0 Å². The Morgan fingerprint density at radius 2 is 2.06 bits per heavy atom. The van der Waals surface area contributed by atoms with E-state index in [4.69, 9.17) is 4.74 Å². The number of hydrogen-bond donors (Lipinski definition) is 2. The summed E-state index contributed by atoms with van der Waals surface area (Å²) in [5.74, 6) is -0.0509. The molecule has 34 heavy (non-hydrogen) atoms. The van der Waals surface area contributed by atoms with Crippen LogP contribution in [0.4, 0.5) is 5.69 Å². The van der Waals surface area contributed by atoms with E-state index in [1.54, 1.807) is 12.1 Å². The number of carbonyl (C=O) groups excluding carboxylic acids is 2. The highest BCUT2D eigenvalue weighted by Gasteiger charge is 2.41. The Balaban J connectivity index is 1.76. The van der Waals surface area contributed by atoms with Gasteiger partial charge in [0, 0.05) is 42.4 Å². The first-order valence-corrected chi connectivity index (χ1v) is 11.6. The van der Waals surface area contributed by atoms with Crippen LogP contribution in [-0.2, 0) is 16.1 Å². The third kappa shape index (κ3) is 3.43. The molecule has 0 saturated heterocycles. The molecule has 1 unspecified atom stereocenters. The van der Waals surface area contributed by atoms with Gasteiger partial charge in [-0.2, -0.15) is 0 Å². The Morgan fingerprint density at radius 3 is 2.76 bits per heavy atom. The molecule has 2 aliphatic rings. The highest BCUT2D eigenvalue weighted by molar-refractivity contribution is 6.11. The molecule has 1 aromatic heterocycles. The van der Waals surface area contributed by atoms with Crippen molar-refractivity contribution in [2.75, 3.05) is 19.0 Å². The SMILES string of the molecule is COc1cc(C2C3=C(CN(C(C)=O)C3=O)Nc3cccc4c3c2cn4CCC(C)C)ccc1O. The second kappa shape index (κ2) is 8.24. The van der Waals surface area contributed by atoms with Crippen molar-refractivity contribution in [2.45, 2.75) is 39.7 Å². The van der Waals surface area contributed by atoms with Gasteiger partial charge in [-0.1, -0.05) is 26.0 Å². The van der Waals surface area contributed by atoms with Gasteiger partial charge in [-0.25, -0.2) is 0 Å². The van der Waals surface area contributed by atoms with Gasteiger partial charge in [0.25, 0.3) is 5.91 Å². The van der Waals surface area contributed by atoms with E-state index in [2.05, 4.69) is 36.0 Å². The summed E-state index contributed by atoms with van der Waals surface area (Å²) in [5.41, 5.74) is 5.14. The predicted molar refractivity (Wildman–Crippen MR) is 131 cm³/mol. The van der Waals surface area contributed by atoms with Gasteiger partial charge in [0.2, 0.25) is 5.91 Å². The maximum Gasteiger partial charge on any atom is 0.259 e. The van der Waals surface area contributed by atoms with Crippen LogP contribution in [0.25, 0.3) is 10.9 Å². The van der Waals surface area contributed by atoms with Crippen LogP contribution in [0, 0.1) is 5.92 Å². The number of ether oxygens (including phenoxy) is 1. The summed E-state index contributed by atoms with van der Waals surface area (Å²) < 4.78 is 7.64. The highest BCUT2D eigenvalue weighted by Crippen LogP contribution is 2.47. The number of aromatic nitrogens is 1. The lowest BCUT2D eigenvalue weighted by Crippen LogP contribution is -2.33. The van der Waals surface area contributed by atoms with Gasteiger partial charge in [0.15, 0.2) is 11.5 Å². The fraction of sp³-hybridized carbons (Fsp3) is 0.333. The average Bonchev–Trinajstić information content (AvgIpc) is 3.28. The van der Waals surface area contributed by atoms with Crippen LogP contribution in [0.2, 0.25) is 0 Å². The molecule has 0 aliphatic carbocycles. The number of carbonyl (C=O) groups is 2. The first kappa shape index (κ1) is 22.1. The van der Waals surface area contributed by atoms with Gasteiger partial charge in [-0.15, -0.1) is 0 Å². The van der Waals surface area contributed by atoms with Crippen LogP contribution >= 0.6 is 0 Å². The molecule has 0 saturated carbocycles. The van der Waals surface area contributed by atoms with Gasteiger partial charge in [-0.3, -0.25) is 14.5 Å². The van der Waals surface area contributed by atoms with E-state index in [9.17, 15) is 14.7 Å². The van der Waals surface area contributed by atoms with E-state index in [-0.39, 0.29) is 24.1 Å². The van der Waals surface area contributed by atoms with Gasteiger partial charge in [0.05, 0.1) is 24.7 Å². The first-order valence-electron chi connectivity index (χ1n) is 11.6. The van der Waals surface area contributed by atoms with Gasteiger partial charge in [0.1, 0.15) is 0 Å². The van der Waals surface area contributed by atoms with Crippen molar-refractivity contribution in [3.05, 3.63) is 65.0 Å². The molecular formula is C27H29N3O4. The standard InChI is InChI=1S/C27H29N3O4/c1-15(2)10-11-29-13-18-24(17-8-9-22(32)23(12-17)34-4)26-20(14-30(16(3)31)27(26)33)28-19-6-5-7-21(29)25(18)19/h5-9,12-13,15,24,28,32H,10-11,14H2,1-4H3. The van der Waals surface area contributed by atoms with Crippen LogP contribution in [0.1, 0.15) is 44.2 Å². The van der Waals surface area contributed by atoms with Crippen LogP contribution in [0.5, 0.6) is 11.5 Å². The second-order valence-electron chi connectivity index (χ2n) is 9.45. The number of amides is 2. The molecule has 2 N–H and O–H groups in total. The van der Waals surface area contributed by atoms with E-state index >= 15 is 0 Å². The zero-order chi connectivity index (χ0) is 24.1. The monoisotopic (exact) mass is 459 g/mol. The smallest absolute Gasteiger partial charge is 0.259 e. The first-order chi connectivity index (χ1) is 16.3. The number of rotatable bonds is 5. The van der Waals surface area contributed by atoms with Crippen molar-refractivity contribution in [1.82, 2.24) is 9.47 Å². The lowest BCUT2D eigenvalue weighted by atomic mass is 9.84. The number of methoxy groups -OCH3 is 1. The van der Waals surface area contributed by atoms with Crippen LogP contribution in [0.15, 0.2) is 53.9 Å². The molecule has 0 radical (unpaired) electrons. The largest absolute Gasteiger partial charge is 0.504 e. The number of aryl methyl sites for hydroxylation is 1. The third-order valence-corrected chi connectivity index (χ3v) is 6.80. The fourth-order valence-electron chi connectivity index (χ4n) is 5.08. The number of nitrogens with one attached hydrogen (secondary N) is 1. The van der Waals surface area contributed by atoms with Crippen molar-refractivity contribution in [1.29, 1.82) is 0 Å². The lowest BCUT2D eigenvalue weighted by molar-refractivity contribution is -0.139. The Kier molecular flexibility index (Phi) is 5.35. The lowest BCUT2D eigenvalue weighted by Gasteiger charge is -2.20. The summed E-state index contributed by atoms with van der Waals surface area (Å²) in [6.07, 6.45) is 3.17. The molecule has 0 spiro atoms. The van der Waals surface area contributed by atoms with Crippen LogP contribution < -0.4 is 10.1 Å². The van der Waals surface area contributed by atoms with Crippen molar-refractivity contribution < 1.29 is 19.4 Å². The quantitative estimate of drug-likeness (QED) is 0.583. The van der Waals surface area contributed by atoms with Crippen LogP contribution in [-0.4, -0.2) is 40.0 Å². The van der Waals surface area contributed by atoms with E-state index in [0.717, 1.165) is 46.4 Å². The molecule has 0 fully saturated rings. The molecule has 2 aromatic carbocycles. The number of aromatic hydroxyl groups is 1. The minimum atomic E-state index is -0.416. The summed E-state index contributed by atoms with van der Waals surface area (Å²) in [6, 6.07) is 11.3. The van der Waals surface area contributed by atoms with Gasteiger partial charge >= 0.3 is 0 Å². The number of phenolic OH excluding ortho intramolecular Hbond substituents is 1. The number of anilines is 1. The number of phenols is 1. The second-order valence-corrected chi connectivity index (χ2v) is 9.45. The Hall–Kier alpha value is -3.74. The summed E-state index contributed by atoms with van der Waals surface area (Å²) in [7, 11) is 1.51. The molecule has 3 aromatic rings. The zero-order valence-electron chi connectivity index (χ0n) is 19.9. The zero-order valence-corrected chi connectivity index (χ0v) is 19.9. The average molecular weight is 460 g/mol. The van der Waals surface area contributed by atoms with Crippen molar-refractivity contribution in [3.8, 4) is 11.5 Å². The number of hydrogen-bond acceptors (Lipinski definition) is 5. The number of benzene rings is 2. The normalized spacial score (nSPS) is 17.3. The van der Waals surface area contributed by atoms with Crippen molar-refractivity contribution in [3.63, 3.8) is 0 Å². The summed E-state index contributed by atoms with van der Waals surface area (Å²) in [6.45, 7) is 6.90. The molecule has 7 nitrogen and oxygen atoms in total. The van der Waals surface area contributed by atoms with E-state index in [0.29, 0.717) is 17.2 Å². The maximum atomic E-state index is 13.6. The number of imide groups is 1. The molecule has 5 rings (SSSR count). The molecule has 7 heteroatoms. The maximum absolute atomic E-state index is 13.6. The van der Waals surface area contributed by atoms with E-state index in [1.165, 1.54) is 18.9 Å². The molecule has 2 amide bonds. The Bertz CT molecular complexity index is 1350.